The third kappa shape index (κ3) is 3.53. The lowest BCUT2D eigenvalue weighted by Gasteiger charge is -2.21. The number of amides is 1. The number of anilines is 1. The lowest BCUT2D eigenvalue weighted by molar-refractivity contribution is 0.0751. The van der Waals surface area contributed by atoms with E-state index < -0.39 is 0 Å². The van der Waals surface area contributed by atoms with Gasteiger partial charge < -0.3 is 14.5 Å². The van der Waals surface area contributed by atoms with E-state index in [2.05, 4.69) is 31.0 Å². The van der Waals surface area contributed by atoms with Crippen molar-refractivity contribution in [2.45, 2.75) is 19.9 Å². The van der Waals surface area contributed by atoms with E-state index in [9.17, 15) is 4.79 Å². The van der Waals surface area contributed by atoms with E-state index in [1.165, 1.54) is 11.3 Å². The van der Waals surface area contributed by atoms with Crippen molar-refractivity contribution < 1.29 is 9.53 Å². The summed E-state index contributed by atoms with van der Waals surface area (Å²) in [7, 11) is 2.08. The van der Waals surface area contributed by atoms with Crippen LogP contribution in [0.3, 0.4) is 0 Å². The largest absolute Gasteiger partial charge is 0.494 e. The van der Waals surface area contributed by atoms with Crippen molar-refractivity contribution in [3.63, 3.8) is 0 Å². The molecule has 0 fully saturated rings. The van der Waals surface area contributed by atoms with Gasteiger partial charge in [0.2, 0.25) is 0 Å². The fourth-order valence-electron chi connectivity index (χ4n) is 2.99. The summed E-state index contributed by atoms with van der Waals surface area (Å²) in [5, 5.41) is 0. The molecule has 0 spiro atoms. The Morgan fingerprint density at radius 2 is 1.96 bits per heavy atom. The first-order valence-corrected chi connectivity index (χ1v) is 8.50. The second-order valence-electron chi connectivity index (χ2n) is 6.15. The Hall–Kier alpha value is -2.49. The second-order valence-corrected chi connectivity index (χ2v) is 6.15. The number of para-hydroxylation sites is 1. The quantitative estimate of drug-likeness (QED) is 0.862. The van der Waals surface area contributed by atoms with E-state index in [1.807, 2.05) is 41.3 Å². The van der Waals surface area contributed by atoms with Gasteiger partial charge in [-0.1, -0.05) is 31.2 Å². The van der Waals surface area contributed by atoms with Crippen molar-refractivity contribution in [1.29, 1.82) is 0 Å². The van der Waals surface area contributed by atoms with Gasteiger partial charge in [-0.05, 0) is 36.2 Å². The molecule has 0 aliphatic carbocycles. The van der Waals surface area contributed by atoms with E-state index in [0.717, 1.165) is 18.7 Å². The number of nitrogens with zero attached hydrogens (tertiary/aromatic N) is 2. The molecule has 0 radical (unpaired) electrons. The highest BCUT2D eigenvalue weighted by Crippen LogP contribution is 2.25. The van der Waals surface area contributed by atoms with Gasteiger partial charge in [0.15, 0.2) is 0 Å². The zero-order valence-corrected chi connectivity index (χ0v) is 14.4. The van der Waals surface area contributed by atoms with Crippen molar-refractivity contribution >= 4 is 11.6 Å². The number of carbonyl (C=O) groups excluding carboxylic acids is 1. The molecule has 24 heavy (non-hydrogen) atoms. The average Bonchev–Trinajstić information content (AvgIpc) is 2.79. The monoisotopic (exact) mass is 324 g/mol. The van der Waals surface area contributed by atoms with Gasteiger partial charge in [-0.15, -0.1) is 0 Å². The molecule has 2 aromatic carbocycles. The summed E-state index contributed by atoms with van der Waals surface area (Å²) in [5.74, 6) is 0.817. The lowest BCUT2D eigenvalue weighted by Crippen LogP contribution is -2.34. The molecule has 0 saturated heterocycles. The molecule has 1 aliphatic rings. The first-order chi connectivity index (χ1) is 11.7. The van der Waals surface area contributed by atoms with Gasteiger partial charge in [0.1, 0.15) is 5.75 Å². The normalized spacial score (nSPS) is 14.1. The maximum atomic E-state index is 12.9. The Balaban J connectivity index is 1.80. The molecule has 1 amide bonds. The molecule has 1 heterocycles. The molecule has 4 heteroatoms. The van der Waals surface area contributed by atoms with Crippen molar-refractivity contribution in [3.05, 3.63) is 59.7 Å². The van der Waals surface area contributed by atoms with Gasteiger partial charge in [-0.3, -0.25) is 4.79 Å². The van der Waals surface area contributed by atoms with Crippen LogP contribution < -0.4 is 9.64 Å². The van der Waals surface area contributed by atoms with Crippen molar-refractivity contribution in [1.82, 2.24) is 4.90 Å². The molecular weight excluding hydrogens is 300 g/mol. The molecule has 3 rings (SSSR count). The van der Waals surface area contributed by atoms with E-state index in [0.29, 0.717) is 25.3 Å². The van der Waals surface area contributed by atoms with Crippen molar-refractivity contribution in [2.75, 3.05) is 31.6 Å². The van der Waals surface area contributed by atoms with Crippen LogP contribution in [0.1, 0.15) is 29.3 Å². The summed E-state index contributed by atoms with van der Waals surface area (Å²) in [6, 6.07) is 15.8. The Morgan fingerprint density at radius 3 is 2.79 bits per heavy atom. The number of rotatable bonds is 4. The maximum absolute atomic E-state index is 12.9. The van der Waals surface area contributed by atoms with E-state index in [-0.39, 0.29) is 5.91 Å². The molecule has 4 nitrogen and oxygen atoms in total. The molecule has 0 aromatic heterocycles. The van der Waals surface area contributed by atoms with Crippen molar-refractivity contribution in [2.24, 2.45) is 0 Å². The molecule has 0 saturated carbocycles. The molecule has 126 valence electrons. The van der Waals surface area contributed by atoms with Crippen molar-refractivity contribution in [3.8, 4) is 5.75 Å². The standard InChI is InChI=1S/C20H24N2O2/c1-3-13-24-18-9-6-8-16(14-18)20(23)22-12-11-21(2)19-10-5-4-7-17(19)15-22/h4-10,14H,3,11-13,15H2,1-2H3. The topological polar surface area (TPSA) is 32.8 Å². The first-order valence-electron chi connectivity index (χ1n) is 8.50. The van der Waals surface area contributed by atoms with Crippen LogP contribution in [0.2, 0.25) is 0 Å². The number of hydrogen-bond acceptors (Lipinski definition) is 3. The van der Waals surface area contributed by atoms with Gasteiger partial charge >= 0.3 is 0 Å². The predicted octanol–water partition coefficient (Wildman–Crippen LogP) is 3.57. The number of likely N-dealkylation sites (N-methyl/N-ethyl adjacent to an activating group) is 1. The summed E-state index contributed by atoms with van der Waals surface area (Å²) in [5.41, 5.74) is 3.07. The lowest BCUT2D eigenvalue weighted by atomic mass is 10.1. The van der Waals surface area contributed by atoms with Crippen LogP contribution in [0.5, 0.6) is 5.75 Å². The fraction of sp³-hybridized carbons (Fsp3) is 0.350. The van der Waals surface area contributed by atoms with Crippen LogP contribution >= 0.6 is 0 Å². The third-order valence-corrected chi connectivity index (χ3v) is 4.31. The maximum Gasteiger partial charge on any atom is 0.254 e. The molecule has 1 aliphatic heterocycles. The Kier molecular flexibility index (Phi) is 5.04. The highest BCUT2D eigenvalue weighted by molar-refractivity contribution is 5.94. The van der Waals surface area contributed by atoms with E-state index in [1.54, 1.807) is 0 Å². The van der Waals surface area contributed by atoms with E-state index >= 15 is 0 Å². The zero-order valence-electron chi connectivity index (χ0n) is 14.4. The molecular formula is C20H24N2O2. The Labute approximate surface area is 143 Å². The molecule has 2 aromatic rings. The van der Waals surface area contributed by atoms with Crippen LogP contribution in [-0.4, -0.2) is 37.6 Å². The summed E-state index contributed by atoms with van der Waals surface area (Å²) in [4.78, 5) is 17.1. The highest BCUT2D eigenvalue weighted by atomic mass is 16.5. The number of ether oxygens (including phenoxy) is 1. The molecule has 0 N–H and O–H groups in total. The first kappa shape index (κ1) is 16.4. The number of benzene rings is 2. The van der Waals surface area contributed by atoms with Gasteiger partial charge in [-0.2, -0.15) is 0 Å². The molecule has 0 bridgehead atoms. The Morgan fingerprint density at radius 1 is 1.12 bits per heavy atom. The van der Waals surface area contributed by atoms with Crippen LogP contribution in [0.15, 0.2) is 48.5 Å². The number of carbonyl (C=O) groups is 1. The van der Waals surface area contributed by atoms with Gasteiger partial charge in [0, 0.05) is 37.9 Å². The fourth-order valence-corrected chi connectivity index (χ4v) is 2.99. The minimum Gasteiger partial charge on any atom is -0.494 e. The van der Waals surface area contributed by atoms with Crippen LogP contribution in [0.25, 0.3) is 0 Å². The zero-order chi connectivity index (χ0) is 16.9. The SMILES string of the molecule is CCCOc1cccc(C(=O)N2CCN(C)c3ccccc3C2)c1. The van der Waals surface area contributed by atoms with Gasteiger partial charge in [0.25, 0.3) is 5.91 Å². The van der Waals surface area contributed by atoms with Crippen LogP contribution in [0.4, 0.5) is 5.69 Å². The molecule has 0 atom stereocenters. The van der Waals surface area contributed by atoms with Crippen LogP contribution in [-0.2, 0) is 6.54 Å². The number of hydrogen-bond donors (Lipinski definition) is 0. The average molecular weight is 324 g/mol. The Bertz CT molecular complexity index is 714. The second kappa shape index (κ2) is 7.39. The van der Waals surface area contributed by atoms with Crippen LogP contribution in [0, 0.1) is 0 Å². The number of fused-ring (bicyclic) bond motifs is 1. The minimum absolute atomic E-state index is 0.0575. The highest BCUT2D eigenvalue weighted by Gasteiger charge is 2.22. The predicted molar refractivity (Wildman–Crippen MR) is 96.7 cm³/mol. The smallest absolute Gasteiger partial charge is 0.254 e. The minimum atomic E-state index is 0.0575. The summed E-state index contributed by atoms with van der Waals surface area (Å²) in [6.45, 7) is 4.91. The summed E-state index contributed by atoms with van der Waals surface area (Å²) in [6.07, 6.45) is 0.952. The van der Waals surface area contributed by atoms with Gasteiger partial charge in [0.05, 0.1) is 6.61 Å². The third-order valence-electron chi connectivity index (χ3n) is 4.31. The molecule has 0 unspecified atom stereocenters. The van der Waals surface area contributed by atoms with E-state index in [4.69, 9.17) is 4.74 Å². The van der Waals surface area contributed by atoms with Gasteiger partial charge in [-0.25, -0.2) is 0 Å². The summed E-state index contributed by atoms with van der Waals surface area (Å²) >= 11 is 0. The summed E-state index contributed by atoms with van der Waals surface area (Å²) < 4.78 is 5.65.